The number of ether oxygens (including phenoxy) is 2. The zero-order valence-electron chi connectivity index (χ0n) is 9.36. The Labute approximate surface area is 90.0 Å². The molecular weight excluding hydrogens is 198 g/mol. The van der Waals surface area contributed by atoms with Crippen molar-refractivity contribution in [3.63, 3.8) is 0 Å². The normalized spacial score (nSPS) is 17.5. The average molecular weight is 217 g/mol. The number of nitrogens with zero attached hydrogens (tertiary/aromatic N) is 1. The van der Waals surface area contributed by atoms with Gasteiger partial charge in [0.05, 0.1) is 0 Å². The van der Waals surface area contributed by atoms with Crippen molar-refractivity contribution in [2.75, 3.05) is 26.3 Å². The van der Waals surface area contributed by atoms with E-state index >= 15 is 0 Å². The van der Waals surface area contributed by atoms with E-state index in [1.807, 2.05) is 0 Å². The number of carbonyl (C=O) groups is 1. The molecule has 0 aromatic rings. The molecule has 0 aromatic heterocycles. The first-order chi connectivity index (χ1) is 7.11. The molecule has 1 aliphatic heterocycles. The molecular formula is C10H19NO4. The van der Waals surface area contributed by atoms with E-state index in [9.17, 15) is 9.90 Å². The molecule has 0 aromatic carbocycles. The predicted molar refractivity (Wildman–Crippen MR) is 54.0 cm³/mol. The highest BCUT2D eigenvalue weighted by molar-refractivity contribution is 5.78. The van der Waals surface area contributed by atoms with E-state index in [1.54, 1.807) is 18.7 Å². The summed E-state index contributed by atoms with van der Waals surface area (Å²) in [6.45, 7) is 5.00. The van der Waals surface area contributed by atoms with Gasteiger partial charge in [-0.25, -0.2) is 0 Å². The number of carbonyl (C=O) groups excluding carboxylic acids is 1. The van der Waals surface area contributed by atoms with E-state index in [0.717, 1.165) is 6.42 Å². The zero-order valence-corrected chi connectivity index (χ0v) is 9.36. The highest BCUT2D eigenvalue weighted by Gasteiger charge is 2.34. The summed E-state index contributed by atoms with van der Waals surface area (Å²) in [6, 6.07) is 0. The summed E-state index contributed by atoms with van der Waals surface area (Å²) in [4.78, 5) is 12.9. The van der Waals surface area contributed by atoms with Gasteiger partial charge in [-0.05, 0) is 20.3 Å². The molecule has 1 N–H and O–H groups in total. The van der Waals surface area contributed by atoms with Crippen molar-refractivity contribution >= 4 is 5.91 Å². The Morgan fingerprint density at radius 1 is 1.40 bits per heavy atom. The van der Waals surface area contributed by atoms with Crippen LogP contribution < -0.4 is 0 Å². The maximum atomic E-state index is 11.4. The average Bonchev–Trinajstić information content (AvgIpc) is 2.52. The molecule has 5 nitrogen and oxygen atoms in total. The molecule has 1 saturated heterocycles. The first-order valence-electron chi connectivity index (χ1n) is 5.39. The number of amides is 1. The van der Waals surface area contributed by atoms with Crippen molar-refractivity contribution in [2.24, 2.45) is 0 Å². The Kier molecular flexibility index (Phi) is 4.50. The quantitative estimate of drug-likeness (QED) is 0.651. The van der Waals surface area contributed by atoms with Gasteiger partial charge in [0.2, 0.25) is 5.91 Å². The van der Waals surface area contributed by atoms with Crippen molar-refractivity contribution in [3.8, 4) is 0 Å². The first kappa shape index (κ1) is 12.4. The van der Waals surface area contributed by atoms with Crippen molar-refractivity contribution in [1.29, 1.82) is 0 Å². The fraction of sp³-hybridized carbons (Fsp3) is 0.900. The first-order valence-corrected chi connectivity index (χ1v) is 5.39. The lowest BCUT2D eigenvalue weighted by Gasteiger charge is -2.30. The molecule has 1 aliphatic rings. The van der Waals surface area contributed by atoms with Crippen LogP contribution in [-0.2, 0) is 14.3 Å². The summed E-state index contributed by atoms with van der Waals surface area (Å²) in [5.41, 5.74) is 0. The van der Waals surface area contributed by atoms with Gasteiger partial charge in [-0.15, -0.1) is 0 Å². The van der Waals surface area contributed by atoms with Gasteiger partial charge in [-0.2, -0.15) is 0 Å². The third kappa shape index (κ3) is 3.44. The summed E-state index contributed by atoms with van der Waals surface area (Å²) in [5.74, 6) is -1.60. The maximum absolute atomic E-state index is 11.4. The topological polar surface area (TPSA) is 59.0 Å². The Morgan fingerprint density at radius 2 is 2.00 bits per heavy atom. The number of β-amino-alcohol motifs (C(OH)–C–C–N with tert-alkyl or cyclic N) is 1. The second-order valence-electron chi connectivity index (χ2n) is 3.50. The van der Waals surface area contributed by atoms with Gasteiger partial charge in [0.15, 0.2) is 0 Å². The molecule has 0 unspecified atom stereocenters. The largest absolute Gasteiger partial charge is 0.342 e. The Balaban J connectivity index is 2.52. The van der Waals surface area contributed by atoms with Crippen LogP contribution in [0.25, 0.3) is 0 Å². The Hall–Kier alpha value is -0.650. The van der Waals surface area contributed by atoms with Crippen LogP contribution in [0.5, 0.6) is 0 Å². The fourth-order valence-corrected chi connectivity index (χ4v) is 1.70. The molecule has 1 fully saturated rings. The minimum atomic E-state index is -1.65. The van der Waals surface area contributed by atoms with E-state index in [4.69, 9.17) is 9.47 Å². The van der Waals surface area contributed by atoms with Crippen molar-refractivity contribution in [2.45, 2.75) is 32.7 Å². The van der Waals surface area contributed by atoms with Crippen LogP contribution in [0.15, 0.2) is 0 Å². The highest BCUT2D eigenvalue weighted by atomic mass is 16.8. The molecule has 0 atom stereocenters. The molecule has 0 aliphatic carbocycles. The van der Waals surface area contributed by atoms with Crippen LogP contribution in [0.2, 0.25) is 0 Å². The molecule has 88 valence electrons. The van der Waals surface area contributed by atoms with Gasteiger partial charge < -0.3 is 19.5 Å². The lowest BCUT2D eigenvalue weighted by molar-refractivity contribution is -0.359. The monoisotopic (exact) mass is 217 g/mol. The van der Waals surface area contributed by atoms with Gasteiger partial charge in [0.1, 0.15) is 6.54 Å². The van der Waals surface area contributed by atoms with Crippen LogP contribution in [-0.4, -0.2) is 48.2 Å². The van der Waals surface area contributed by atoms with Gasteiger partial charge in [0.25, 0.3) is 5.97 Å². The fourth-order valence-electron chi connectivity index (χ4n) is 1.70. The standard InChI is InChI=1S/C10H19NO4/c1-3-14-10(13,15-4-2)8-11-7-5-6-9(11)12/h13H,3-8H2,1-2H3. The molecule has 0 saturated carbocycles. The lowest BCUT2D eigenvalue weighted by Crippen LogP contribution is -2.47. The molecule has 1 rings (SSSR count). The lowest BCUT2D eigenvalue weighted by atomic mass is 10.4. The number of aliphatic hydroxyl groups is 1. The smallest absolute Gasteiger partial charge is 0.299 e. The van der Waals surface area contributed by atoms with Crippen LogP contribution >= 0.6 is 0 Å². The van der Waals surface area contributed by atoms with Gasteiger partial charge in [0, 0.05) is 26.2 Å². The van der Waals surface area contributed by atoms with E-state index in [0.29, 0.717) is 26.2 Å². The minimum absolute atomic E-state index is 0.0489. The summed E-state index contributed by atoms with van der Waals surface area (Å²) >= 11 is 0. The van der Waals surface area contributed by atoms with E-state index in [2.05, 4.69) is 0 Å². The van der Waals surface area contributed by atoms with Crippen LogP contribution in [0.3, 0.4) is 0 Å². The number of hydrogen-bond donors (Lipinski definition) is 1. The van der Waals surface area contributed by atoms with E-state index < -0.39 is 5.97 Å². The Bertz CT molecular complexity index is 213. The number of likely N-dealkylation sites (tertiary alicyclic amines) is 1. The summed E-state index contributed by atoms with van der Waals surface area (Å²) in [5, 5.41) is 9.95. The van der Waals surface area contributed by atoms with E-state index in [1.165, 1.54) is 0 Å². The molecule has 0 radical (unpaired) electrons. The van der Waals surface area contributed by atoms with Crippen molar-refractivity contribution in [3.05, 3.63) is 0 Å². The van der Waals surface area contributed by atoms with E-state index in [-0.39, 0.29) is 12.5 Å². The number of rotatable bonds is 6. The second-order valence-corrected chi connectivity index (χ2v) is 3.50. The second kappa shape index (κ2) is 5.44. The summed E-state index contributed by atoms with van der Waals surface area (Å²) < 4.78 is 10.2. The third-order valence-corrected chi connectivity index (χ3v) is 2.30. The van der Waals surface area contributed by atoms with Gasteiger partial charge in [-0.1, -0.05) is 0 Å². The maximum Gasteiger partial charge on any atom is 0.299 e. The van der Waals surface area contributed by atoms with Crippen molar-refractivity contribution in [1.82, 2.24) is 4.90 Å². The summed E-state index contributed by atoms with van der Waals surface area (Å²) in [7, 11) is 0. The van der Waals surface area contributed by atoms with Crippen LogP contribution in [0.4, 0.5) is 0 Å². The molecule has 0 bridgehead atoms. The van der Waals surface area contributed by atoms with Gasteiger partial charge in [-0.3, -0.25) is 4.79 Å². The summed E-state index contributed by atoms with van der Waals surface area (Å²) in [6.07, 6.45) is 1.39. The highest BCUT2D eigenvalue weighted by Crippen LogP contribution is 2.17. The van der Waals surface area contributed by atoms with Crippen molar-refractivity contribution < 1.29 is 19.4 Å². The van der Waals surface area contributed by atoms with Crippen LogP contribution in [0, 0.1) is 0 Å². The molecule has 5 heteroatoms. The predicted octanol–water partition coefficient (Wildman–Crippen LogP) is 0.328. The molecule has 1 amide bonds. The minimum Gasteiger partial charge on any atom is -0.342 e. The molecule has 0 spiro atoms. The molecule has 1 heterocycles. The Morgan fingerprint density at radius 3 is 2.40 bits per heavy atom. The zero-order chi connectivity index (χ0) is 11.3. The number of hydrogen-bond acceptors (Lipinski definition) is 4. The SMILES string of the molecule is CCOC(O)(CN1CCCC1=O)OCC. The van der Waals surface area contributed by atoms with Crippen LogP contribution in [0.1, 0.15) is 26.7 Å². The third-order valence-electron chi connectivity index (χ3n) is 2.30. The molecule has 15 heavy (non-hydrogen) atoms. The van der Waals surface area contributed by atoms with Gasteiger partial charge >= 0.3 is 0 Å².